The van der Waals surface area contributed by atoms with Crippen LogP contribution in [0.2, 0.25) is 0 Å². The van der Waals surface area contributed by atoms with E-state index in [0.717, 1.165) is 24.2 Å². The van der Waals surface area contributed by atoms with Crippen LogP contribution < -0.4 is 5.32 Å². The summed E-state index contributed by atoms with van der Waals surface area (Å²) in [7, 11) is 0. The number of nitrogens with one attached hydrogen (secondary N) is 1. The van der Waals surface area contributed by atoms with Gasteiger partial charge in [0.15, 0.2) is 0 Å². The fraction of sp³-hybridized carbons (Fsp3) is 0.533. The molecule has 3 nitrogen and oxygen atoms in total. The molecule has 4 heteroatoms. The number of carbonyl (C=O) groups excluding carboxylic acids is 1. The van der Waals surface area contributed by atoms with Crippen molar-refractivity contribution in [1.82, 2.24) is 10.2 Å². The minimum atomic E-state index is 0. The highest BCUT2D eigenvalue weighted by molar-refractivity contribution is 5.96. The molecule has 1 heterocycles. The highest BCUT2D eigenvalue weighted by Crippen LogP contribution is 2.18. The maximum Gasteiger partial charge on any atom is 0.254 e. The summed E-state index contributed by atoms with van der Waals surface area (Å²) in [5.74, 6) is 0.164. The molecule has 1 aromatic carbocycles. The fourth-order valence-electron chi connectivity index (χ4n) is 2.44. The van der Waals surface area contributed by atoms with Crippen molar-refractivity contribution in [2.75, 3.05) is 13.1 Å². The van der Waals surface area contributed by atoms with E-state index in [2.05, 4.69) is 32.2 Å². The van der Waals surface area contributed by atoms with Gasteiger partial charge in [0.2, 0.25) is 0 Å². The average Bonchev–Trinajstić information content (AvgIpc) is 2.35. The van der Waals surface area contributed by atoms with E-state index in [9.17, 15) is 4.79 Å². The molecule has 106 valence electrons. The second-order valence-corrected chi connectivity index (χ2v) is 5.36. The third kappa shape index (κ3) is 3.28. The van der Waals surface area contributed by atoms with Crippen LogP contribution in [0.25, 0.3) is 0 Å². The van der Waals surface area contributed by atoms with Gasteiger partial charge >= 0.3 is 0 Å². The van der Waals surface area contributed by atoms with Crippen LogP contribution in [-0.4, -0.2) is 36.0 Å². The molecule has 0 aliphatic carbocycles. The Kier molecular flexibility index (Phi) is 5.39. The predicted molar refractivity (Wildman–Crippen MR) is 81.1 cm³/mol. The molecule has 0 saturated carbocycles. The van der Waals surface area contributed by atoms with Gasteiger partial charge in [-0.25, -0.2) is 0 Å². The van der Waals surface area contributed by atoms with Gasteiger partial charge < -0.3 is 10.2 Å². The molecule has 1 fully saturated rings. The van der Waals surface area contributed by atoms with Crippen molar-refractivity contribution in [2.24, 2.45) is 0 Å². The number of hydrogen-bond donors (Lipinski definition) is 1. The lowest BCUT2D eigenvalue weighted by Crippen LogP contribution is -2.56. The molecular weight excluding hydrogens is 260 g/mol. The summed E-state index contributed by atoms with van der Waals surface area (Å²) >= 11 is 0. The molecule has 2 unspecified atom stereocenters. The zero-order valence-electron chi connectivity index (χ0n) is 12.1. The van der Waals surface area contributed by atoms with E-state index in [4.69, 9.17) is 0 Å². The number of amides is 1. The smallest absolute Gasteiger partial charge is 0.254 e. The largest absolute Gasteiger partial charge is 0.333 e. The summed E-state index contributed by atoms with van der Waals surface area (Å²) in [6.45, 7) is 9.96. The van der Waals surface area contributed by atoms with Crippen LogP contribution in [0.1, 0.15) is 35.3 Å². The highest BCUT2D eigenvalue weighted by Gasteiger charge is 2.28. The van der Waals surface area contributed by atoms with Crippen molar-refractivity contribution in [2.45, 2.75) is 39.8 Å². The number of rotatable bonds is 1. The predicted octanol–water partition coefficient (Wildman–Crippen LogP) is 2.55. The van der Waals surface area contributed by atoms with E-state index in [-0.39, 0.29) is 24.4 Å². The summed E-state index contributed by atoms with van der Waals surface area (Å²) in [5, 5.41) is 3.40. The number of hydrogen-bond acceptors (Lipinski definition) is 2. The lowest BCUT2D eigenvalue weighted by Gasteiger charge is -2.38. The van der Waals surface area contributed by atoms with Crippen LogP contribution >= 0.6 is 12.4 Å². The Balaban J connectivity index is 0.00000180. The molecule has 2 rings (SSSR count). The monoisotopic (exact) mass is 282 g/mol. The first-order valence-corrected chi connectivity index (χ1v) is 6.61. The van der Waals surface area contributed by atoms with E-state index in [1.165, 1.54) is 5.56 Å². The van der Waals surface area contributed by atoms with Gasteiger partial charge in [-0.05, 0) is 44.9 Å². The minimum absolute atomic E-state index is 0. The Morgan fingerprint density at radius 2 is 2.00 bits per heavy atom. The van der Waals surface area contributed by atoms with Crippen LogP contribution in [0.3, 0.4) is 0 Å². The summed E-state index contributed by atoms with van der Waals surface area (Å²) in [6, 6.07) is 6.58. The maximum atomic E-state index is 12.6. The molecule has 1 aliphatic heterocycles. The number of benzene rings is 1. The number of piperazine rings is 1. The van der Waals surface area contributed by atoms with Gasteiger partial charge in [0.25, 0.3) is 5.91 Å². The lowest BCUT2D eigenvalue weighted by molar-refractivity contribution is 0.0615. The first-order valence-electron chi connectivity index (χ1n) is 6.61. The third-order valence-electron chi connectivity index (χ3n) is 3.86. The zero-order valence-corrected chi connectivity index (χ0v) is 12.9. The first-order chi connectivity index (χ1) is 8.50. The molecule has 1 N–H and O–H groups in total. The van der Waals surface area contributed by atoms with Crippen molar-refractivity contribution in [3.05, 3.63) is 34.9 Å². The van der Waals surface area contributed by atoms with Gasteiger partial charge in [-0.3, -0.25) is 4.79 Å². The molecule has 2 atom stereocenters. The van der Waals surface area contributed by atoms with E-state index >= 15 is 0 Å². The second-order valence-electron chi connectivity index (χ2n) is 5.36. The fourth-order valence-corrected chi connectivity index (χ4v) is 2.44. The Morgan fingerprint density at radius 3 is 2.68 bits per heavy atom. The number of aryl methyl sites for hydroxylation is 1. The van der Waals surface area contributed by atoms with Crippen molar-refractivity contribution in [1.29, 1.82) is 0 Å². The van der Waals surface area contributed by atoms with Gasteiger partial charge in [0.1, 0.15) is 0 Å². The van der Waals surface area contributed by atoms with Crippen LogP contribution in [0.5, 0.6) is 0 Å². The molecular formula is C15H23ClN2O. The quantitative estimate of drug-likeness (QED) is 0.859. The molecule has 1 amide bonds. The summed E-state index contributed by atoms with van der Waals surface area (Å²) in [4.78, 5) is 14.6. The van der Waals surface area contributed by atoms with Crippen molar-refractivity contribution >= 4 is 18.3 Å². The molecule has 0 bridgehead atoms. The topological polar surface area (TPSA) is 32.3 Å². The molecule has 0 aromatic heterocycles. The maximum absolute atomic E-state index is 12.6. The van der Waals surface area contributed by atoms with Crippen LogP contribution in [0, 0.1) is 13.8 Å². The van der Waals surface area contributed by atoms with Gasteiger partial charge in [-0.2, -0.15) is 0 Å². The summed E-state index contributed by atoms with van der Waals surface area (Å²) < 4.78 is 0. The van der Waals surface area contributed by atoms with Crippen LogP contribution in [0.15, 0.2) is 18.2 Å². The van der Waals surface area contributed by atoms with Gasteiger partial charge in [-0.15, -0.1) is 12.4 Å². The lowest BCUT2D eigenvalue weighted by atomic mass is 10.0. The number of halogens is 1. The average molecular weight is 283 g/mol. The summed E-state index contributed by atoms with van der Waals surface area (Å²) in [5.41, 5.74) is 3.12. The van der Waals surface area contributed by atoms with Gasteiger partial charge in [-0.1, -0.05) is 12.1 Å². The van der Waals surface area contributed by atoms with Crippen molar-refractivity contribution in [3.8, 4) is 0 Å². The summed E-state index contributed by atoms with van der Waals surface area (Å²) in [6.07, 6.45) is 0. The van der Waals surface area contributed by atoms with Gasteiger partial charge in [0, 0.05) is 30.7 Å². The van der Waals surface area contributed by atoms with Crippen molar-refractivity contribution < 1.29 is 4.79 Å². The Morgan fingerprint density at radius 1 is 1.32 bits per heavy atom. The highest BCUT2D eigenvalue weighted by atomic mass is 35.5. The van der Waals surface area contributed by atoms with E-state index in [1.54, 1.807) is 0 Å². The Bertz CT molecular complexity index is 461. The van der Waals surface area contributed by atoms with E-state index in [0.29, 0.717) is 6.04 Å². The minimum Gasteiger partial charge on any atom is -0.333 e. The normalized spacial score (nSPS) is 22.8. The van der Waals surface area contributed by atoms with Crippen molar-refractivity contribution in [3.63, 3.8) is 0 Å². The molecule has 1 aromatic rings. The SMILES string of the molecule is Cc1cccc(C(=O)N2CC(C)NCC2C)c1C.Cl. The zero-order chi connectivity index (χ0) is 13.3. The Hall–Kier alpha value is -1.06. The van der Waals surface area contributed by atoms with Gasteiger partial charge in [0.05, 0.1) is 0 Å². The van der Waals surface area contributed by atoms with Crippen LogP contribution in [0.4, 0.5) is 0 Å². The Labute approximate surface area is 121 Å². The standard InChI is InChI=1S/C15H22N2O.ClH/c1-10-6-5-7-14(13(10)4)15(18)17-9-11(2)16-8-12(17)3;/h5-7,11-12,16H,8-9H2,1-4H3;1H. The van der Waals surface area contributed by atoms with E-state index in [1.807, 2.05) is 24.0 Å². The molecule has 1 aliphatic rings. The van der Waals surface area contributed by atoms with Crippen LogP contribution in [-0.2, 0) is 0 Å². The third-order valence-corrected chi connectivity index (χ3v) is 3.86. The number of carbonyl (C=O) groups is 1. The molecule has 19 heavy (non-hydrogen) atoms. The van der Waals surface area contributed by atoms with E-state index < -0.39 is 0 Å². The molecule has 0 spiro atoms. The first kappa shape index (κ1) is 16.0. The number of nitrogens with zero attached hydrogens (tertiary/aromatic N) is 1. The molecule has 1 saturated heterocycles. The molecule has 0 radical (unpaired) electrons. The second kappa shape index (κ2) is 6.40.